The Morgan fingerprint density at radius 2 is 1.02 bits per heavy atom. The van der Waals surface area contributed by atoms with Gasteiger partial charge in [-0.05, 0) is 23.3 Å². The van der Waals surface area contributed by atoms with Gasteiger partial charge in [0.25, 0.3) is 0 Å². The van der Waals surface area contributed by atoms with E-state index >= 15 is 0 Å². The van der Waals surface area contributed by atoms with Gasteiger partial charge in [-0.3, -0.25) is 9.98 Å². The summed E-state index contributed by atoms with van der Waals surface area (Å²) in [6, 6.07) is 9.78. The first-order chi connectivity index (χ1) is 17.8. The number of nitrogens with zero attached hydrogens (tertiary/aromatic N) is 5. The number of methoxy groups -OCH3 is 2. The minimum Gasteiger partial charge on any atom is -0.870 e. The van der Waals surface area contributed by atoms with Gasteiger partial charge in [0.2, 0.25) is 0 Å². The van der Waals surface area contributed by atoms with Crippen molar-refractivity contribution in [3.63, 3.8) is 0 Å². The maximum absolute atomic E-state index is 11.9. The van der Waals surface area contributed by atoms with Gasteiger partial charge in [-0.2, -0.15) is 0 Å². The molecule has 20 nitrogen and oxygen atoms in total. The number of hydrogen-bond acceptors (Lipinski definition) is 16. The molecule has 2 aromatic rings. The number of benzene rings is 2. The van der Waals surface area contributed by atoms with Crippen molar-refractivity contribution in [2.75, 3.05) is 27.3 Å². The molecule has 0 aromatic heterocycles. The normalized spacial score (nSPS) is 9.73. The van der Waals surface area contributed by atoms with Crippen molar-refractivity contribution in [2.24, 2.45) is 9.98 Å². The van der Waals surface area contributed by atoms with E-state index in [4.69, 9.17) is 55.4 Å². The summed E-state index contributed by atoms with van der Waals surface area (Å²) in [5.41, 5.74) is 0.764. The fourth-order valence-electron chi connectivity index (χ4n) is 2.19. The van der Waals surface area contributed by atoms with E-state index in [1.807, 2.05) is 0 Å². The first kappa shape index (κ1) is 47.2. The average molecular weight is 774 g/mol. The van der Waals surface area contributed by atoms with Gasteiger partial charge < -0.3 is 76.2 Å². The van der Waals surface area contributed by atoms with Crippen LogP contribution < -0.4 is 19.7 Å². The molecule has 0 aliphatic rings. The Hall–Kier alpha value is -3.64. The molecule has 0 saturated carbocycles. The van der Waals surface area contributed by atoms with Crippen LogP contribution >= 0.6 is 0 Å². The molecule has 0 bridgehead atoms. The van der Waals surface area contributed by atoms with E-state index in [9.17, 15) is 15.3 Å². The standard InChI is InChI=1S/C19H22N2O5.Cu.3NO3.H2O.Sm/c1-25-16-7-3-5-13(18(16)23)9-20-11-15(22)12-21-10-14-6-4-8-17(26-2)19(14)24;;3*2-1(3)4;;/h3-10,15,22-24H,11-12H2,1-2H3;;;;;1H2;/q;+2;3*-1;;+3/p-2. The minimum atomic E-state index is -1.75. The van der Waals surface area contributed by atoms with Crippen molar-refractivity contribution in [3.8, 4) is 23.0 Å². The van der Waals surface area contributed by atoms with Crippen LogP contribution in [0.1, 0.15) is 11.1 Å². The smallest absolute Gasteiger partial charge is 0.870 e. The Bertz CT molecular complexity index is 989. The van der Waals surface area contributed by atoms with E-state index in [-0.39, 0.29) is 99.0 Å². The third-order valence-electron chi connectivity index (χ3n) is 3.55. The van der Waals surface area contributed by atoms with Crippen molar-refractivity contribution in [3.05, 3.63) is 93.5 Å². The van der Waals surface area contributed by atoms with Crippen molar-refractivity contribution in [1.82, 2.24) is 0 Å². The monoisotopic (exact) mass is 775 g/mol. The third-order valence-corrected chi connectivity index (χ3v) is 3.55. The topological polar surface area (TPSA) is 340 Å². The Morgan fingerprint density at radius 1 is 0.756 bits per heavy atom. The number of para-hydroxylation sites is 2. The zero-order valence-electron chi connectivity index (χ0n) is 20.8. The summed E-state index contributed by atoms with van der Waals surface area (Å²) < 4.78 is 9.91. The SMILES string of the molecule is COc1cccc(C=NCC(O)CN=Cc2cccc(OC)c2[O-])c1[O-].O.O=[N+]([O-])[O-].O=[N+]([O-])[O-].O=[N+]([O-])[O-].[Cu+2].[Sm+3]. The Labute approximate surface area is 273 Å². The molecule has 230 valence electrons. The van der Waals surface area contributed by atoms with E-state index in [1.54, 1.807) is 36.4 Å². The first-order valence-corrected chi connectivity index (χ1v) is 9.57. The number of rotatable bonds is 8. The molecule has 0 amide bonds. The molecule has 0 atom stereocenters. The van der Waals surface area contributed by atoms with Crippen LogP contribution in [0.4, 0.5) is 0 Å². The molecular weight excluding hydrogens is 752 g/mol. The second kappa shape index (κ2) is 27.9. The molecule has 3 N–H and O–H groups in total. The third kappa shape index (κ3) is 26.4. The predicted octanol–water partition coefficient (Wildman–Crippen LogP) is -0.795. The second-order valence-electron chi connectivity index (χ2n) is 6.07. The largest absolute Gasteiger partial charge is 3.00 e. The van der Waals surface area contributed by atoms with Gasteiger partial charge in [0, 0.05) is 12.4 Å². The van der Waals surface area contributed by atoms with E-state index in [2.05, 4.69) is 9.98 Å². The van der Waals surface area contributed by atoms with E-state index in [0.717, 1.165) is 0 Å². The van der Waals surface area contributed by atoms with E-state index < -0.39 is 21.4 Å². The summed E-state index contributed by atoms with van der Waals surface area (Å²) in [5.74, 6) is -0.0314. The maximum Gasteiger partial charge on any atom is 3.00 e. The molecule has 0 unspecified atom stereocenters. The average Bonchev–Trinajstić information content (AvgIpc) is 2.80. The van der Waals surface area contributed by atoms with Crippen LogP contribution in [-0.2, 0) is 17.1 Å². The molecule has 0 heterocycles. The van der Waals surface area contributed by atoms with E-state index in [0.29, 0.717) is 11.1 Å². The molecule has 2 rings (SSSR count). The summed E-state index contributed by atoms with van der Waals surface area (Å²) in [4.78, 5) is 32.9. The molecule has 0 fully saturated rings. The zero-order valence-corrected chi connectivity index (χ0v) is 24.4. The molecular formula is C19H22CuN5O15Sm. The van der Waals surface area contributed by atoms with Gasteiger partial charge in [0.05, 0.1) is 48.7 Å². The summed E-state index contributed by atoms with van der Waals surface area (Å²) >= 11 is 0. The molecule has 22 heteroatoms. The number of aliphatic imine (C=N–C) groups is 2. The zero-order chi connectivity index (χ0) is 29.7. The number of hydrogen-bond donors (Lipinski definition) is 1. The fourth-order valence-corrected chi connectivity index (χ4v) is 2.19. The number of aliphatic hydroxyl groups is 1. The Kier molecular flexibility index (Phi) is 32.1. The van der Waals surface area contributed by atoms with Crippen LogP contribution in [-0.4, -0.2) is 71.7 Å². The van der Waals surface area contributed by atoms with Crippen molar-refractivity contribution in [2.45, 2.75) is 6.10 Å². The van der Waals surface area contributed by atoms with Crippen LogP contribution in [0, 0.1) is 86.4 Å². The molecule has 2 radical (unpaired) electrons. The van der Waals surface area contributed by atoms with Crippen LogP contribution in [0.15, 0.2) is 46.4 Å². The molecule has 0 aliphatic carbocycles. The Morgan fingerprint density at radius 3 is 1.27 bits per heavy atom. The number of ether oxygens (including phenoxy) is 2. The number of aliphatic hydroxyl groups excluding tert-OH is 1. The molecule has 0 spiro atoms. The van der Waals surface area contributed by atoms with Gasteiger partial charge in [-0.25, -0.2) is 0 Å². The van der Waals surface area contributed by atoms with Gasteiger partial charge in [-0.15, -0.1) is 0 Å². The van der Waals surface area contributed by atoms with Crippen molar-refractivity contribution in [1.29, 1.82) is 0 Å². The van der Waals surface area contributed by atoms with Crippen LogP contribution in [0.3, 0.4) is 0 Å². The van der Waals surface area contributed by atoms with Crippen molar-refractivity contribution >= 4 is 12.4 Å². The van der Waals surface area contributed by atoms with Crippen LogP contribution in [0.25, 0.3) is 0 Å². The fraction of sp³-hybridized carbons (Fsp3) is 0.263. The van der Waals surface area contributed by atoms with Gasteiger partial charge in [0.15, 0.2) is 0 Å². The van der Waals surface area contributed by atoms with Gasteiger partial charge >= 0.3 is 57.5 Å². The molecule has 2 aromatic carbocycles. The molecule has 0 saturated heterocycles. The van der Waals surface area contributed by atoms with Crippen LogP contribution in [0.2, 0.25) is 0 Å². The summed E-state index contributed by atoms with van der Waals surface area (Å²) in [7, 11) is 2.85. The maximum atomic E-state index is 11.9. The molecule has 0 aliphatic heterocycles. The first-order valence-electron chi connectivity index (χ1n) is 9.57. The summed E-state index contributed by atoms with van der Waals surface area (Å²) in [6.45, 7) is 0.159. The summed E-state index contributed by atoms with van der Waals surface area (Å²) in [6.07, 6.45) is 1.97. The quantitative estimate of drug-likeness (QED) is 0.149. The van der Waals surface area contributed by atoms with Gasteiger partial charge in [-0.1, -0.05) is 35.8 Å². The van der Waals surface area contributed by atoms with E-state index in [1.165, 1.54) is 26.6 Å². The second-order valence-corrected chi connectivity index (χ2v) is 6.07. The minimum absolute atomic E-state index is 0. The van der Waals surface area contributed by atoms with Gasteiger partial charge in [0.1, 0.15) is 11.5 Å². The van der Waals surface area contributed by atoms with Crippen LogP contribution in [0.5, 0.6) is 23.0 Å². The predicted molar refractivity (Wildman–Crippen MR) is 131 cm³/mol. The Balaban J connectivity index is -0.000000245. The molecule has 41 heavy (non-hydrogen) atoms. The summed E-state index contributed by atoms with van der Waals surface area (Å²) in [5, 5.41) is 78.1. The van der Waals surface area contributed by atoms with Crippen molar-refractivity contribution < 1.29 is 103 Å².